The third-order valence-corrected chi connectivity index (χ3v) is 5.06. The third kappa shape index (κ3) is 7.21. The Bertz CT molecular complexity index is 606. The van der Waals surface area contributed by atoms with E-state index in [-0.39, 0.29) is 12.0 Å². The van der Waals surface area contributed by atoms with E-state index < -0.39 is 0 Å². The summed E-state index contributed by atoms with van der Waals surface area (Å²) in [5, 5.41) is 6.05. The third-order valence-electron chi connectivity index (χ3n) is 4.19. The molecule has 1 aliphatic heterocycles. The Morgan fingerprint density at radius 1 is 1.38 bits per heavy atom. The van der Waals surface area contributed by atoms with Gasteiger partial charge in [0.25, 0.3) is 5.91 Å². The smallest absolute Gasteiger partial charge is 0.257 e. The Labute approximate surface area is 169 Å². The first-order chi connectivity index (χ1) is 12.6. The molecule has 2 N–H and O–H groups in total. The Morgan fingerprint density at radius 3 is 2.92 bits per heavy atom. The van der Waals surface area contributed by atoms with Crippen LogP contribution in [-0.4, -0.2) is 36.9 Å². The predicted molar refractivity (Wildman–Crippen MR) is 111 cm³/mol. The second kappa shape index (κ2) is 11.5. The summed E-state index contributed by atoms with van der Waals surface area (Å²) in [5.74, 6) is 0.502. The molecule has 1 fully saturated rings. The van der Waals surface area contributed by atoms with E-state index in [1.54, 1.807) is 12.1 Å². The molecule has 1 heterocycles. The summed E-state index contributed by atoms with van der Waals surface area (Å²) in [5.41, 5.74) is 0.525. The number of hydrogen-bond acceptors (Lipinski definition) is 4. The number of nitrogens with one attached hydrogen (secondary N) is 2. The fourth-order valence-corrected chi connectivity index (χ4v) is 3.37. The molecule has 0 bridgehead atoms. The quantitative estimate of drug-likeness (QED) is 0.443. The second-order valence-electron chi connectivity index (χ2n) is 6.35. The molecular formula is C19H27BrN2O3S. The van der Waals surface area contributed by atoms with Gasteiger partial charge in [0.05, 0.1) is 17.2 Å². The van der Waals surface area contributed by atoms with E-state index in [0.717, 1.165) is 36.1 Å². The lowest BCUT2D eigenvalue weighted by Crippen LogP contribution is -2.42. The van der Waals surface area contributed by atoms with Crippen molar-refractivity contribution in [2.75, 3.05) is 19.8 Å². The van der Waals surface area contributed by atoms with Crippen LogP contribution in [0.15, 0.2) is 22.7 Å². The van der Waals surface area contributed by atoms with E-state index in [0.29, 0.717) is 23.8 Å². The highest BCUT2D eigenvalue weighted by atomic mass is 79.9. The second-order valence-corrected chi connectivity index (χ2v) is 7.62. The lowest BCUT2D eigenvalue weighted by molar-refractivity contribution is 0.0973. The summed E-state index contributed by atoms with van der Waals surface area (Å²) in [4.78, 5) is 12.3. The van der Waals surface area contributed by atoms with Crippen LogP contribution in [-0.2, 0) is 4.74 Å². The first-order valence-electron chi connectivity index (χ1n) is 9.23. The van der Waals surface area contributed by atoms with Crippen LogP contribution in [0, 0.1) is 0 Å². The van der Waals surface area contributed by atoms with E-state index in [9.17, 15) is 4.79 Å². The molecular weight excluding hydrogens is 416 g/mol. The number of thiocarbonyl (C=S) groups is 1. The molecule has 0 spiro atoms. The number of carbonyl (C=O) groups excluding carboxylic acids is 1. The van der Waals surface area contributed by atoms with Crippen molar-refractivity contribution in [3.05, 3.63) is 28.2 Å². The molecule has 7 heteroatoms. The lowest BCUT2D eigenvalue weighted by Gasteiger charge is -2.14. The SMILES string of the molecule is CCCCCCOc1ccc(C(=O)NC(=S)NCC2CCCO2)cc1Br. The average molecular weight is 443 g/mol. The summed E-state index contributed by atoms with van der Waals surface area (Å²) >= 11 is 8.65. The summed E-state index contributed by atoms with van der Waals surface area (Å²) in [6.45, 7) is 4.28. The minimum atomic E-state index is -0.245. The van der Waals surface area contributed by atoms with E-state index in [4.69, 9.17) is 21.7 Å². The summed E-state index contributed by atoms with van der Waals surface area (Å²) in [7, 11) is 0. The van der Waals surface area contributed by atoms with Crippen LogP contribution in [0.25, 0.3) is 0 Å². The number of carbonyl (C=O) groups is 1. The summed E-state index contributed by atoms with van der Waals surface area (Å²) < 4.78 is 12.0. The van der Waals surface area contributed by atoms with Crippen molar-refractivity contribution in [2.24, 2.45) is 0 Å². The van der Waals surface area contributed by atoms with Gasteiger partial charge in [-0.3, -0.25) is 10.1 Å². The van der Waals surface area contributed by atoms with Gasteiger partial charge in [-0.05, 0) is 65.6 Å². The fraction of sp³-hybridized carbons (Fsp3) is 0.579. The van der Waals surface area contributed by atoms with Crippen molar-refractivity contribution in [2.45, 2.75) is 51.6 Å². The number of halogens is 1. The Balaban J connectivity index is 1.77. The van der Waals surface area contributed by atoms with Gasteiger partial charge in [0.2, 0.25) is 0 Å². The maximum absolute atomic E-state index is 12.3. The van der Waals surface area contributed by atoms with Crippen molar-refractivity contribution >= 4 is 39.2 Å². The van der Waals surface area contributed by atoms with Gasteiger partial charge in [0.15, 0.2) is 5.11 Å². The normalized spacial score (nSPS) is 16.3. The lowest BCUT2D eigenvalue weighted by atomic mass is 10.2. The van der Waals surface area contributed by atoms with Crippen LogP contribution in [0.5, 0.6) is 5.75 Å². The van der Waals surface area contributed by atoms with Crippen molar-refractivity contribution < 1.29 is 14.3 Å². The molecule has 1 unspecified atom stereocenters. The fourth-order valence-electron chi connectivity index (χ4n) is 2.70. The minimum absolute atomic E-state index is 0.174. The van der Waals surface area contributed by atoms with Crippen molar-refractivity contribution in [1.29, 1.82) is 0 Å². The van der Waals surface area contributed by atoms with Crippen molar-refractivity contribution in [3.8, 4) is 5.75 Å². The van der Waals surface area contributed by atoms with Gasteiger partial charge in [-0.25, -0.2) is 0 Å². The zero-order valence-corrected chi connectivity index (χ0v) is 17.6. The average Bonchev–Trinajstić information content (AvgIpc) is 3.14. The minimum Gasteiger partial charge on any atom is -0.492 e. The van der Waals surface area contributed by atoms with Gasteiger partial charge in [-0.1, -0.05) is 26.2 Å². The molecule has 0 aliphatic carbocycles. The monoisotopic (exact) mass is 442 g/mol. The number of hydrogen-bond donors (Lipinski definition) is 2. The molecule has 5 nitrogen and oxygen atoms in total. The van der Waals surface area contributed by atoms with Crippen LogP contribution in [0.2, 0.25) is 0 Å². The molecule has 2 rings (SSSR count). The molecule has 144 valence electrons. The first-order valence-corrected chi connectivity index (χ1v) is 10.4. The van der Waals surface area contributed by atoms with Crippen molar-refractivity contribution in [1.82, 2.24) is 10.6 Å². The van der Waals surface area contributed by atoms with E-state index >= 15 is 0 Å². The van der Waals surface area contributed by atoms with Crippen LogP contribution < -0.4 is 15.4 Å². The van der Waals surface area contributed by atoms with E-state index in [1.807, 2.05) is 6.07 Å². The Hall–Kier alpha value is -1.18. The molecule has 1 atom stereocenters. The highest BCUT2D eigenvalue weighted by Gasteiger charge is 2.16. The zero-order valence-electron chi connectivity index (χ0n) is 15.2. The van der Waals surface area contributed by atoms with Crippen molar-refractivity contribution in [3.63, 3.8) is 0 Å². The molecule has 1 amide bonds. The highest BCUT2D eigenvalue weighted by Crippen LogP contribution is 2.26. The Morgan fingerprint density at radius 2 is 2.23 bits per heavy atom. The largest absolute Gasteiger partial charge is 0.492 e. The van der Waals surface area contributed by atoms with Crippen LogP contribution in [0.4, 0.5) is 0 Å². The standard InChI is InChI=1S/C19H27BrN2O3S/c1-2-3-4-5-10-25-17-9-8-14(12-16(17)20)18(23)22-19(26)21-13-15-7-6-11-24-15/h8-9,12,15H,2-7,10-11,13H2,1H3,(H2,21,22,23,26). The van der Waals surface area contributed by atoms with Gasteiger partial charge in [-0.2, -0.15) is 0 Å². The Kier molecular flexibility index (Phi) is 9.36. The molecule has 1 aromatic rings. The van der Waals surface area contributed by atoms with Gasteiger partial charge in [0.1, 0.15) is 5.75 Å². The van der Waals surface area contributed by atoms with E-state index in [1.165, 1.54) is 19.3 Å². The maximum atomic E-state index is 12.3. The highest BCUT2D eigenvalue weighted by molar-refractivity contribution is 9.10. The van der Waals surface area contributed by atoms with Gasteiger partial charge in [-0.15, -0.1) is 0 Å². The molecule has 1 saturated heterocycles. The zero-order chi connectivity index (χ0) is 18.8. The predicted octanol–water partition coefficient (Wildman–Crippen LogP) is 4.19. The molecule has 1 aliphatic rings. The molecule has 0 saturated carbocycles. The van der Waals surface area contributed by atoms with Crippen LogP contribution in [0.3, 0.4) is 0 Å². The van der Waals surface area contributed by atoms with Gasteiger partial charge in [0, 0.05) is 18.7 Å². The summed E-state index contributed by atoms with van der Waals surface area (Å²) in [6, 6.07) is 5.30. The van der Waals surface area contributed by atoms with Crippen LogP contribution >= 0.6 is 28.1 Å². The van der Waals surface area contributed by atoms with Gasteiger partial charge < -0.3 is 14.8 Å². The number of amides is 1. The molecule has 1 aromatic carbocycles. The van der Waals surface area contributed by atoms with Crippen LogP contribution in [0.1, 0.15) is 55.8 Å². The number of ether oxygens (including phenoxy) is 2. The number of benzene rings is 1. The number of rotatable bonds is 9. The number of unbranched alkanes of at least 4 members (excludes halogenated alkanes) is 3. The molecule has 0 aromatic heterocycles. The van der Waals surface area contributed by atoms with Gasteiger partial charge >= 0.3 is 0 Å². The topological polar surface area (TPSA) is 59.6 Å². The van der Waals surface area contributed by atoms with E-state index in [2.05, 4.69) is 33.5 Å². The maximum Gasteiger partial charge on any atom is 0.257 e. The molecule has 0 radical (unpaired) electrons. The molecule has 26 heavy (non-hydrogen) atoms. The first kappa shape index (κ1) is 21.1. The summed E-state index contributed by atoms with van der Waals surface area (Å²) in [6.07, 6.45) is 6.91.